The predicted molar refractivity (Wildman–Crippen MR) is 82.5 cm³/mol. The van der Waals surface area contributed by atoms with Crippen LogP contribution in [0.4, 0.5) is 24.5 Å². The summed E-state index contributed by atoms with van der Waals surface area (Å²) in [5.74, 6) is -0.819. The molecule has 1 aromatic carbocycles. The molecule has 2 aliphatic carbocycles. The Hall–Kier alpha value is -2.08. The summed E-state index contributed by atoms with van der Waals surface area (Å²) in [5, 5.41) is -0.825. The summed E-state index contributed by atoms with van der Waals surface area (Å²) in [6.07, 6.45) is -3.82. The molecule has 4 rings (SSSR count). The van der Waals surface area contributed by atoms with Crippen molar-refractivity contribution in [1.29, 1.82) is 0 Å². The molecule has 5 nitrogen and oxygen atoms in total. The van der Waals surface area contributed by atoms with E-state index in [0.717, 1.165) is 16.4 Å². The molecule has 25 heavy (non-hydrogen) atoms. The number of rotatable bonds is 1. The lowest BCUT2D eigenvalue weighted by molar-refractivity contribution is -0.136. The van der Waals surface area contributed by atoms with Crippen LogP contribution in [-0.2, 0) is 21.0 Å². The van der Waals surface area contributed by atoms with Crippen LogP contribution in [0.15, 0.2) is 18.2 Å². The summed E-state index contributed by atoms with van der Waals surface area (Å²) in [4.78, 5) is 14.8. The Morgan fingerprint density at radius 1 is 1.28 bits per heavy atom. The fraction of sp³-hybridized carbons (Fsp3) is 0.500. The zero-order valence-electron chi connectivity index (χ0n) is 12.8. The van der Waals surface area contributed by atoms with E-state index < -0.39 is 38.6 Å². The van der Waals surface area contributed by atoms with E-state index in [1.807, 2.05) is 0 Å². The third-order valence-electron chi connectivity index (χ3n) is 5.58. The Morgan fingerprint density at radius 3 is 2.64 bits per heavy atom. The normalized spacial score (nSPS) is 32.7. The maximum Gasteiger partial charge on any atom is 0.407 e. The molecule has 0 radical (unpaired) electrons. The molecule has 2 bridgehead atoms. The lowest BCUT2D eigenvalue weighted by Crippen LogP contribution is -2.36. The largest absolute Gasteiger partial charge is 0.407 e. The van der Waals surface area contributed by atoms with Crippen molar-refractivity contribution in [3.05, 3.63) is 35.2 Å². The quantitative estimate of drug-likeness (QED) is 0.714. The Morgan fingerprint density at radius 2 is 2.00 bits per heavy atom. The van der Waals surface area contributed by atoms with Crippen LogP contribution in [0, 0.1) is 24.3 Å². The van der Waals surface area contributed by atoms with Gasteiger partial charge in [-0.15, -0.1) is 0 Å². The van der Waals surface area contributed by atoms with Crippen molar-refractivity contribution in [3.63, 3.8) is 0 Å². The highest BCUT2D eigenvalue weighted by Gasteiger charge is 2.63. The molecule has 3 aliphatic rings. The maximum atomic E-state index is 13.2. The average molecular weight is 370 g/mol. The van der Waals surface area contributed by atoms with Crippen molar-refractivity contribution in [2.45, 2.75) is 24.3 Å². The number of halogens is 3. The molecule has 2 saturated carbocycles. The number of hydrogen-bond donors (Lipinski definition) is 0. The van der Waals surface area contributed by atoms with Gasteiger partial charge in [-0.2, -0.15) is 13.2 Å². The minimum absolute atomic E-state index is 0.00752. The number of sulfonamides is 1. The van der Waals surface area contributed by atoms with Crippen LogP contribution in [0.5, 0.6) is 0 Å². The predicted octanol–water partition coefficient (Wildman–Crippen LogP) is 3.00. The Bertz CT molecular complexity index is 920. The van der Waals surface area contributed by atoms with E-state index in [4.69, 9.17) is 6.57 Å². The number of hydrogen-bond acceptors (Lipinski definition) is 3. The van der Waals surface area contributed by atoms with Crippen molar-refractivity contribution >= 4 is 27.2 Å². The minimum atomic E-state index is -4.75. The van der Waals surface area contributed by atoms with Crippen LogP contribution in [-0.4, -0.2) is 26.0 Å². The number of nitrogens with zero attached hydrogens (tertiary/aromatic N) is 2. The van der Waals surface area contributed by atoms with E-state index in [2.05, 4.69) is 4.85 Å². The Kier molecular flexibility index (Phi) is 3.26. The van der Waals surface area contributed by atoms with Gasteiger partial charge in [-0.05, 0) is 24.5 Å². The maximum absolute atomic E-state index is 13.2. The molecule has 0 unspecified atom stereocenters. The molecule has 0 aromatic heterocycles. The molecular weight excluding hydrogens is 357 g/mol. The molecule has 0 spiro atoms. The number of carbonyl (C=O) groups is 1. The summed E-state index contributed by atoms with van der Waals surface area (Å²) >= 11 is 0. The average Bonchev–Trinajstić information content (AvgIpc) is 3.15. The standard InChI is InChI=1S/C16H13F3N2O3S/c1-20-13-3-2-9(6-12(13)16(17,18)19)21-7-11-8-4-10(14(22)5-8)15(11)25(21,23)24/h2-3,6,8,10-11,15H,4-5,7H2/t8-,10+,11+,15-/m0/s1. The van der Waals surface area contributed by atoms with E-state index in [9.17, 15) is 26.4 Å². The van der Waals surface area contributed by atoms with Crippen molar-refractivity contribution in [2.24, 2.45) is 17.8 Å². The summed E-state index contributed by atoms with van der Waals surface area (Å²) in [7, 11) is -3.90. The van der Waals surface area contributed by atoms with Gasteiger partial charge >= 0.3 is 6.18 Å². The zero-order chi connectivity index (χ0) is 18.1. The smallest absolute Gasteiger partial charge is 0.299 e. The van der Waals surface area contributed by atoms with Gasteiger partial charge in [-0.25, -0.2) is 13.3 Å². The van der Waals surface area contributed by atoms with Crippen LogP contribution in [0.1, 0.15) is 18.4 Å². The molecule has 4 atom stereocenters. The van der Waals surface area contributed by atoms with Gasteiger partial charge < -0.3 is 0 Å². The second kappa shape index (κ2) is 4.97. The second-order valence-electron chi connectivity index (χ2n) is 6.79. The van der Waals surface area contributed by atoms with E-state index in [-0.39, 0.29) is 29.9 Å². The first-order chi connectivity index (χ1) is 11.6. The lowest BCUT2D eigenvalue weighted by Gasteiger charge is -2.22. The first-order valence-electron chi connectivity index (χ1n) is 7.77. The summed E-state index contributed by atoms with van der Waals surface area (Å²) in [6, 6.07) is 2.94. The highest BCUT2D eigenvalue weighted by atomic mass is 32.2. The van der Waals surface area contributed by atoms with Crippen molar-refractivity contribution in [1.82, 2.24) is 0 Å². The van der Waals surface area contributed by atoms with E-state index in [1.165, 1.54) is 6.07 Å². The Balaban J connectivity index is 1.77. The molecule has 1 saturated heterocycles. The number of ketones is 1. The Labute approximate surface area is 142 Å². The molecule has 1 heterocycles. The molecule has 0 N–H and O–H groups in total. The van der Waals surface area contributed by atoms with E-state index in [0.29, 0.717) is 12.8 Å². The molecule has 1 aromatic rings. The molecule has 0 amide bonds. The number of fused-ring (bicyclic) bond motifs is 5. The van der Waals surface area contributed by atoms with Gasteiger partial charge in [0.1, 0.15) is 5.78 Å². The first-order valence-corrected chi connectivity index (χ1v) is 9.28. The summed E-state index contributed by atoms with van der Waals surface area (Å²) in [6.45, 7) is 6.96. The van der Waals surface area contributed by atoms with Gasteiger partial charge in [0.05, 0.1) is 17.4 Å². The van der Waals surface area contributed by atoms with Gasteiger partial charge in [-0.3, -0.25) is 9.10 Å². The van der Waals surface area contributed by atoms with Crippen LogP contribution in [0.2, 0.25) is 0 Å². The lowest BCUT2D eigenvalue weighted by atomic mass is 9.87. The van der Waals surface area contributed by atoms with Gasteiger partial charge in [-0.1, -0.05) is 6.07 Å². The zero-order valence-corrected chi connectivity index (χ0v) is 13.6. The number of alkyl halides is 3. The van der Waals surface area contributed by atoms with Crippen molar-refractivity contribution < 1.29 is 26.4 Å². The minimum Gasteiger partial charge on any atom is -0.299 e. The molecule has 1 aliphatic heterocycles. The molecule has 132 valence electrons. The van der Waals surface area contributed by atoms with Crippen LogP contribution < -0.4 is 4.31 Å². The third-order valence-corrected chi connectivity index (χ3v) is 7.92. The fourth-order valence-electron chi connectivity index (χ4n) is 4.54. The third kappa shape index (κ3) is 2.20. The van der Waals surface area contributed by atoms with Gasteiger partial charge in [0.15, 0.2) is 5.69 Å². The van der Waals surface area contributed by atoms with E-state index in [1.54, 1.807) is 0 Å². The second-order valence-corrected chi connectivity index (χ2v) is 8.80. The fourth-order valence-corrected chi connectivity index (χ4v) is 7.05. The van der Waals surface area contributed by atoms with Gasteiger partial charge in [0, 0.05) is 30.5 Å². The summed E-state index contributed by atoms with van der Waals surface area (Å²) in [5.41, 5.74) is -1.81. The van der Waals surface area contributed by atoms with Crippen molar-refractivity contribution in [2.75, 3.05) is 10.8 Å². The van der Waals surface area contributed by atoms with E-state index >= 15 is 0 Å². The van der Waals surface area contributed by atoms with Gasteiger partial charge in [0.25, 0.3) is 0 Å². The first kappa shape index (κ1) is 16.4. The molecule has 9 heteroatoms. The highest BCUT2D eigenvalue weighted by molar-refractivity contribution is 7.93. The number of carbonyl (C=O) groups excluding carboxylic acids is 1. The van der Waals surface area contributed by atoms with Crippen LogP contribution >= 0.6 is 0 Å². The molecular formula is C16H13F3N2O3S. The number of Topliss-reactive ketones (excluding diaryl/α,β-unsaturated/α-hetero) is 1. The monoisotopic (exact) mass is 370 g/mol. The molecule has 3 fully saturated rings. The number of anilines is 1. The SMILES string of the molecule is [C-]#[N+]c1ccc(N2C[C@@H]3[C@@H]4CC(=O)[C@@H](C4)[C@@H]3S2(=O)=O)cc1C(F)(F)F. The summed E-state index contributed by atoms with van der Waals surface area (Å²) < 4.78 is 66.2. The van der Waals surface area contributed by atoms with Crippen molar-refractivity contribution in [3.8, 4) is 0 Å². The highest BCUT2D eigenvalue weighted by Crippen LogP contribution is 2.54. The van der Waals surface area contributed by atoms with Gasteiger partial charge in [0.2, 0.25) is 10.0 Å². The van der Waals surface area contributed by atoms with Crippen LogP contribution in [0.3, 0.4) is 0 Å². The number of benzene rings is 1. The van der Waals surface area contributed by atoms with Crippen LogP contribution in [0.25, 0.3) is 4.85 Å². The topological polar surface area (TPSA) is 58.8 Å².